The summed E-state index contributed by atoms with van der Waals surface area (Å²) in [6, 6.07) is 0. The standard InChI is InChI=1S/C25H48O2/c1-4-5-6-7-8-9-10-11-12-13-14-15-16-17-18-19-20-21-22-23-25(26)27-24(2)3/h15-16,24H,4-14,17-23H2,1-3H3/b16-15-. The van der Waals surface area contributed by atoms with E-state index in [2.05, 4.69) is 19.1 Å². The Morgan fingerprint density at radius 3 is 1.52 bits per heavy atom. The topological polar surface area (TPSA) is 26.3 Å². The quantitative estimate of drug-likeness (QED) is 0.120. The predicted molar refractivity (Wildman–Crippen MR) is 119 cm³/mol. The summed E-state index contributed by atoms with van der Waals surface area (Å²) in [5.74, 6) is -0.0418. The summed E-state index contributed by atoms with van der Waals surface area (Å²) in [5.41, 5.74) is 0. The van der Waals surface area contributed by atoms with E-state index in [1.807, 2.05) is 13.8 Å². The average molecular weight is 381 g/mol. The highest BCUT2D eigenvalue weighted by Crippen LogP contribution is 2.12. The van der Waals surface area contributed by atoms with Gasteiger partial charge in [-0.25, -0.2) is 0 Å². The molecule has 0 N–H and O–H groups in total. The van der Waals surface area contributed by atoms with Crippen molar-refractivity contribution in [3.8, 4) is 0 Å². The van der Waals surface area contributed by atoms with Gasteiger partial charge in [0.05, 0.1) is 6.10 Å². The van der Waals surface area contributed by atoms with Crippen molar-refractivity contribution in [3.05, 3.63) is 12.2 Å². The van der Waals surface area contributed by atoms with Crippen molar-refractivity contribution >= 4 is 5.97 Å². The minimum absolute atomic E-state index is 0.0182. The van der Waals surface area contributed by atoms with E-state index in [1.165, 1.54) is 96.3 Å². The number of hydrogen-bond acceptors (Lipinski definition) is 2. The van der Waals surface area contributed by atoms with E-state index in [1.54, 1.807) is 0 Å². The Balaban J connectivity index is 3.16. The molecule has 0 radical (unpaired) electrons. The molecule has 0 aliphatic carbocycles. The van der Waals surface area contributed by atoms with Crippen LogP contribution in [0.5, 0.6) is 0 Å². The molecule has 27 heavy (non-hydrogen) atoms. The zero-order valence-corrected chi connectivity index (χ0v) is 18.8. The fourth-order valence-electron chi connectivity index (χ4n) is 3.37. The molecule has 0 heterocycles. The number of unbranched alkanes of at least 4 members (excludes halogenated alkanes) is 15. The van der Waals surface area contributed by atoms with Crippen molar-refractivity contribution in [3.63, 3.8) is 0 Å². The van der Waals surface area contributed by atoms with E-state index < -0.39 is 0 Å². The molecule has 0 aromatic heterocycles. The summed E-state index contributed by atoms with van der Waals surface area (Å²) < 4.78 is 5.14. The molecule has 0 fully saturated rings. The first kappa shape index (κ1) is 26.2. The summed E-state index contributed by atoms with van der Waals surface area (Å²) in [5, 5.41) is 0. The third-order valence-electron chi connectivity index (χ3n) is 5.01. The molecule has 0 unspecified atom stereocenters. The highest BCUT2D eigenvalue weighted by atomic mass is 16.5. The van der Waals surface area contributed by atoms with Gasteiger partial charge in [0.2, 0.25) is 0 Å². The van der Waals surface area contributed by atoms with Gasteiger partial charge in [-0.15, -0.1) is 0 Å². The van der Waals surface area contributed by atoms with Crippen LogP contribution in [-0.4, -0.2) is 12.1 Å². The van der Waals surface area contributed by atoms with Gasteiger partial charge >= 0.3 is 5.97 Å². The zero-order chi connectivity index (χ0) is 20.0. The summed E-state index contributed by atoms with van der Waals surface area (Å²) in [6.07, 6.45) is 27.9. The summed E-state index contributed by atoms with van der Waals surface area (Å²) in [6.45, 7) is 6.09. The molecule has 0 saturated heterocycles. The highest BCUT2D eigenvalue weighted by molar-refractivity contribution is 5.69. The van der Waals surface area contributed by atoms with Crippen LogP contribution in [0.15, 0.2) is 12.2 Å². The lowest BCUT2D eigenvalue weighted by Gasteiger charge is -2.07. The number of ether oxygens (including phenoxy) is 1. The monoisotopic (exact) mass is 380 g/mol. The molecule has 2 heteroatoms. The fourth-order valence-corrected chi connectivity index (χ4v) is 3.37. The van der Waals surface area contributed by atoms with Gasteiger partial charge in [0, 0.05) is 6.42 Å². The van der Waals surface area contributed by atoms with Gasteiger partial charge in [0.15, 0.2) is 0 Å². The Hall–Kier alpha value is -0.790. The lowest BCUT2D eigenvalue weighted by Crippen LogP contribution is -2.10. The molecular formula is C25H48O2. The maximum atomic E-state index is 11.4. The Bertz CT molecular complexity index is 333. The van der Waals surface area contributed by atoms with E-state index >= 15 is 0 Å². The molecule has 0 atom stereocenters. The molecule has 0 bridgehead atoms. The minimum Gasteiger partial charge on any atom is -0.463 e. The third-order valence-corrected chi connectivity index (χ3v) is 5.01. The van der Waals surface area contributed by atoms with Crippen molar-refractivity contribution in [1.82, 2.24) is 0 Å². The van der Waals surface area contributed by atoms with E-state index in [4.69, 9.17) is 4.74 Å². The molecule has 0 spiro atoms. The van der Waals surface area contributed by atoms with Crippen molar-refractivity contribution in [2.75, 3.05) is 0 Å². The average Bonchev–Trinajstić information content (AvgIpc) is 2.63. The Labute approximate surface area is 170 Å². The van der Waals surface area contributed by atoms with Gasteiger partial charge in [-0.3, -0.25) is 4.79 Å². The van der Waals surface area contributed by atoms with Crippen LogP contribution in [0.1, 0.15) is 136 Å². The number of rotatable bonds is 20. The molecule has 0 aliphatic rings. The zero-order valence-electron chi connectivity index (χ0n) is 18.8. The second kappa shape index (κ2) is 21.5. The minimum atomic E-state index is -0.0418. The Kier molecular flexibility index (Phi) is 20.9. The molecule has 2 nitrogen and oxygen atoms in total. The second-order valence-corrected chi connectivity index (χ2v) is 8.29. The second-order valence-electron chi connectivity index (χ2n) is 8.29. The van der Waals surface area contributed by atoms with Gasteiger partial charge in [0.1, 0.15) is 0 Å². The Morgan fingerprint density at radius 2 is 1.07 bits per heavy atom. The summed E-state index contributed by atoms with van der Waals surface area (Å²) in [4.78, 5) is 11.4. The number of carbonyl (C=O) groups excluding carboxylic acids is 1. The van der Waals surface area contributed by atoms with Crippen LogP contribution in [0.2, 0.25) is 0 Å². The van der Waals surface area contributed by atoms with Gasteiger partial charge in [-0.1, -0.05) is 96.1 Å². The third kappa shape index (κ3) is 23.2. The number of carbonyl (C=O) groups is 1. The lowest BCUT2D eigenvalue weighted by molar-refractivity contribution is -0.147. The van der Waals surface area contributed by atoms with Crippen LogP contribution in [0, 0.1) is 0 Å². The van der Waals surface area contributed by atoms with Crippen molar-refractivity contribution in [1.29, 1.82) is 0 Å². The molecule has 0 aliphatic heterocycles. The van der Waals surface area contributed by atoms with E-state index in [-0.39, 0.29) is 12.1 Å². The lowest BCUT2D eigenvalue weighted by atomic mass is 10.1. The highest BCUT2D eigenvalue weighted by Gasteiger charge is 2.04. The van der Waals surface area contributed by atoms with Gasteiger partial charge in [-0.05, 0) is 46.0 Å². The summed E-state index contributed by atoms with van der Waals surface area (Å²) in [7, 11) is 0. The maximum absolute atomic E-state index is 11.4. The normalized spacial score (nSPS) is 11.6. The van der Waals surface area contributed by atoms with Gasteiger partial charge in [0.25, 0.3) is 0 Å². The van der Waals surface area contributed by atoms with Crippen LogP contribution >= 0.6 is 0 Å². The number of hydrogen-bond donors (Lipinski definition) is 0. The SMILES string of the molecule is CCCCCCCCCCCC/C=C\CCCCCCCC(=O)OC(C)C. The van der Waals surface area contributed by atoms with Crippen LogP contribution in [0.25, 0.3) is 0 Å². The predicted octanol–water partition coefficient (Wildman–Crippen LogP) is 8.54. The molecule has 0 aromatic rings. The largest absolute Gasteiger partial charge is 0.463 e. The molecular weight excluding hydrogens is 332 g/mol. The van der Waals surface area contributed by atoms with Gasteiger partial charge in [-0.2, -0.15) is 0 Å². The van der Waals surface area contributed by atoms with Crippen LogP contribution in [-0.2, 0) is 9.53 Å². The first-order valence-electron chi connectivity index (χ1n) is 12.0. The first-order valence-corrected chi connectivity index (χ1v) is 12.0. The van der Waals surface area contributed by atoms with Crippen LogP contribution in [0.4, 0.5) is 0 Å². The Morgan fingerprint density at radius 1 is 0.667 bits per heavy atom. The van der Waals surface area contributed by atoms with Crippen molar-refractivity contribution < 1.29 is 9.53 Å². The maximum Gasteiger partial charge on any atom is 0.306 e. The molecule has 160 valence electrons. The van der Waals surface area contributed by atoms with Crippen LogP contribution in [0.3, 0.4) is 0 Å². The molecule has 0 amide bonds. The fraction of sp³-hybridized carbons (Fsp3) is 0.880. The van der Waals surface area contributed by atoms with Gasteiger partial charge < -0.3 is 4.74 Å². The van der Waals surface area contributed by atoms with E-state index in [0.717, 1.165) is 12.8 Å². The van der Waals surface area contributed by atoms with Crippen molar-refractivity contribution in [2.45, 2.75) is 142 Å². The molecule has 0 aromatic carbocycles. The molecule has 0 rings (SSSR count). The number of allylic oxidation sites excluding steroid dienone is 2. The van der Waals surface area contributed by atoms with Crippen LogP contribution < -0.4 is 0 Å². The first-order chi connectivity index (χ1) is 13.2. The van der Waals surface area contributed by atoms with E-state index in [0.29, 0.717) is 6.42 Å². The molecule has 0 saturated carbocycles. The van der Waals surface area contributed by atoms with E-state index in [9.17, 15) is 4.79 Å². The smallest absolute Gasteiger partial charge is 0.306 e. The van der Waals surface area contributed by atoms with Crippen molar-refractivity contribution in [2.24, 2.45) is 0 Å². The number of esters is 1. The summed E-state index contributed by atoms with van der Waals surface area (Å²) >= 11 is 0.